The molecule has 154 valence electrons. The van der Waals surface area contributed by atoms with Crippen molar-refractivity contribution in [2.75, 3.05) is 23.3 Å². The lowest BCUT2D eigenvalue weighted by Crippen LogP contribution is -2.33. The Kier molecular flexibility index (Phi) is 6.24. The SMILES string of the molecule is Cc1cc(C)cc(N2CCC(C(=O)Nc3ccc4c(c3F)CCNC4)C2=O)c1.Cl. The summed E-state index contributed by atoms with van der Waals surface area (Å²) >= 11 is 0. The molecule has 0 spiro atoms. The van der Waals surface area contributed by atoms with Crippen LogP contribution in [0.4, 0.5) is 15.8 Å². The number of benzene rings is 2. The van der Waals surface area contributed by atoms with Gasteiger partial charge in [0, 0.05) is 18.8 Å². The number of aryl methyl sites for hydroxylation is 2. The van der Waals surface area contributed by atoms with Gasteiger partial charge < -0.3 is 15.5 Å². The van der Waals surface area contributed by atoms with Gasteiger partial charge in [-0.2, -0.15) is 0 Å². The first-order chi connectivity index (χ1) is 13.4. The molecule has 1 saturated heterocycles. The third-order valence-corrected chi connectivity index (χ3v) is 5.51. The van der Waals surface area contributed by atoms with Crippen molar-refractivity contribution in [2.45, 2.75) is 33.2 Å². The van der Waals surface area contributed by atoms with E-state index < -0.39 is 11.8 Å². The van der Waals surface area contributed by atoms with E-state index in [1.165, 1.54) is 0 Å². The number of nitrogens with one attached hydrogen (secondary N) is 2. The summed E-state index contributed by atoms with van der Waals surface area (Å²) in [4.78, 5) is 27.2. The van der Waals surface area contributed by atoms with E-state index in [4.69, 9.17) is 0 Å². The number of hydrogen-bond donors (Lipinski definition) is 2. The highest BCUT2D eigenvalue weighted by Crippen LogP contribution is 2.29. The molecule has 0 bridgehead atoms. The fraction of sp³-hybridized carbons (Fsp3) is 0.364. The minimum absolute atomic E-state index is 0. The molecule has 2 N–H and O–H groups in total. The van der Waals surface area contributed by atoms with Gasteiger partial charge in [0.2, 0.25) is 11.8 Å². The van der Waals surface area contributed by atoms with Crippen molar-refractivity contribution in [2.24, 2.45) is 5.92 Å². The number of halogens is 2. The van der Waals surface area contributed by atoms with Gasteiger partial charge in [0.25, 0.3) is 0 Å². The highest BCUT2D eigenvalue weighted by Gasteiger charge is 2.38. The maximum absolute atomic E-state index is 14.8. The van der Waals surface area contributed by atoms with Crippen LogP contribution in [0.25, 0.3) is 0 Å². The summed E-state index contributed by atoms with van der Waals surface area (Å²) in [7, 11) is 0. The van der Waals surface area contributed by atoms with Crippen LogP contribution in [0.15, 0.2) is 30.3 Å². The quantitative estimate of drug-likeness (QED) is 0.751. The fourth-order valence-electron chi connectivity index (χ4n) is 4.14. The predicted molar refractivity (Wildman–Crippen MR) is 114 cm³/mol. The molecule has 29 heavy (non-hydrogen) atoms. The number of anilines is 2. The molecule has 1 fully saturated rings. The standard InChI is InChI=1S/C22H24FN3O2.ClH/c1-13-9-14(2)11-16(10-13)26-8-6-18(22(26)28)21(27)25-19-4-3-15-12-24-7-5-17(15)20(19)23;/h3-4,9-11,18,24H,5-8,12H2,1-2H3,(H,25,27);1H. The Morgan fingerprint density at radius 3 is 2.66 bits per heavy atom. The van der Waals surface area contributed by atoms with Crippen LogP contribution in [-0.4, -0.2) is 24.9 Å². The van der Waals surface area contributed by atoms with Crippen molar-refractivity contribution >= 4 is 35.6 Å². The van der Waals surface area contributed by atoms with E-state index in [0.717, 1.165) is 22.4 Å². The smallest absolute Gasteiger partial charge is 0.239 e. The maximum atomic E-state index is 14.8. The van der Waals surface area contributed by atoms with Gasteiger partial charge in [-0.05, 0) is 73.7 Å². The number of amides is 2. The molecule has 5 nitrogen and oxygen atoms in total. The molecule has 0 aromatic heterocycles. The number of carbonyl (C=O) groups excluding carboxylic acids is 2. The second kappa shape index (κ2) is 8.51. The van der Waals surface area contributed by atoms with Crippen LogP contribution < -0.4 is 15.5 Å². The first-order valence-corrected chi connectivity index (χ1v) is 9.65. The largest absolute Gasteiger partial charge is 0.323 e. The zero-order valence-electron chi connectivity index (χ0n) is 16.5. The van der Waals surface area contributed by atoms with Crippen LogP contribution in [0.5, 0.6) is 0 Å². The number of rotatable bonds is 3. The zero-order chi connectivity index (χ0) is 19.8. The van der Waals surface area contributed by atoms with Gasteiger partial charge in [-0.1, -0.05) is 12.1 Å². The minimum atomic E-state index is -0.794. The van der Waals surface area contributed by atoms with Crippen LogP contribution in [0.2, 0.25) is 0 Å². The lowest BCUT2D eigenvalue weighted by atomic mass is 9.99. The molecule has 1 atom stereocenters. The van der Waals surface area contributed by atoms with Gasteiger partial charge in [0.1, 0.15) is 11.7 Å². The molecular weight excluding hydrogens is 393 g/mol. The summed E-state index contributed by atoms with van der Waals surface area (Å²) in [5, 5.41) is 5.85. The lowest BCUT2D eigenvalue weighted by Gasteiger charge is -2.20. The molecule has 0 aliphatic carbocycles. The second-order valence-corrected chi connectivity index (χ2v) is 7.66. The van der Waals surface area contributed by atoms with Crippen LogP contribution in [0.3, 0.4) is 0 Å². The van der Waals surface area contributed by atoms with Crippen LogP contribution in [-0.2, 0) is 22.6 Å². The second-order valence-electron chi connectivity index (χ2n) is 7.66. The van der Waals surface area contributed by atoms with Gasteiger partial charge in [0.15, 0.2) is 0 Å². The van der Waals surface area contributed by atoms with Gasteiger partial charge in [-0.25, -0.2) is 4.39 Å². The molecular formula is C22H25ClFN3O2. The maximum Gasteiger partial charge on any atom is 0.239 e. The molecule has 2 aliphatic rings. The molecule has 7 heteroatoms. The molecule has 2 amide bonds. The Morgan fingerprint density at radius 1 is 1.21 bits per heavy atom. The van der Waals surface area contributed by atoms with Crippen molar-refractivity contribution in [1.29, 1.82) is 0 Å². The van der Waals surface area contributed by atoms with Gasteiger partial charge in [-0.15, -0.1) is 12.4 Å². The van der Waals surface area contributed by atoms with Crippen molar-refractivity contribution < 1.29 is 14.0 Å². The Labute approximate surface area is 176 Å². The van der Waals surface area contributed by atoms with Crippen molar-refractivity contribution in [3.8, 4) is 0 Å². The number of carbonyl (C=O) groups is 2. The van der Waals surface area contributed by atoms with Crippen LogP contribution >= 0.6 is 12.4 Å². The first-order valence-electron chi connectivity index (χ1n) is 9.65. The number of hydrogen-bond acceptors (Lipinski definition) is 3. The average molecular weight is 418 g/mol. The molecule has 2 aromatic rings. The van der Waals surface area contributed by atoms with E-state index in [0.29, 0.717) is 38.0 Å². The highest BCUT2D eigenvalue weighted by atomic mass is 35.5. The first kappa shape index (κ1) is 21.3. The monoisotopic (exact) mass is 417 g/mol. The van der Waals surface area contributed by atoms with Crippen molar-refractivity contribution in [3.05, 3.63) is 58.4 Å². The summed E-state index contributed by atoms with van der Waals surface area (Å²) in [6.07, 6.45) is 1.02. The Morgan fingerprint density at radius 2 is 1.93 bits per heavy atom. The van der Waals surface area contributed by atoms with Crippen LogP contribution in [0.1, 0.15) is 28.7 Å². The third kappa shape index (κ3) is 4.14. The highest BCUT2D eigenvalue weighted by molar-refractivity contribution is 6.13. The third-order valence-electron chi connectivity index (χ3n) is 5.51. The molecule has 4 rings (SSSR count). The summed E-state index contributed by atoms with van der Waals surface area (Å²) in [5.41, 5.74) is 4.67. The predicted octanol–water partition coefficient (Wildman–Crippen LogP) is 3.50. The summed E-state index contributed by atoms with van der Waals surface area (Å²) in [6, 6.07) is 9.35. The Bertz CT molecular complexity index is 943. The summed E-state index contributed by atoms with van der Waals surface area (Å²) < 4.78 is 14.8. The van der Waals surface area contributed by atoms with E-state index >= 15 is 0 Å². The normalized spacial score (nSPS) is 18.2. The molecule has 2 heterocycles. The Balaban J connectivity index is 0.00000240. The van der Waals surface area contributed by atoms with Crippen molar-refractivity contribution in [3.63, 3.8) is 0 Å². The molecule has 1 unspecified atom stereocenters. The topological polar surface area (TPSA) is 61.4 Å². The molecule has 2 aromatic carbocycles. The van der Waals surface area contributed by atoms with Crippen molar-refractivity contribution in [1.82, 2.24) is 5.32 Å². The van der Waals surface area contributed by atoms with E-state index in [2.05, 4.69) is 10.6 Å². The van der Waals surface area contributed by atoms with E-state index in [1.54, 1.807) is 11.0 Å². The number of fused-ring (bicyclic) bond motifs is 1. The molecule has 2 aliphatic heterocycles. The summed E-state index contributed by atoms with van der Waals surface area (Å²) in [5.74, 6) is -1.85. The van der Waals surface area contributed by atoms with Gasteiger partial charge in [0.05, 0.1) is 5.69 Å². The molecule has 0 radical (unpaired) electrons. The van der Waals surface area contributed by atoms with Gasteiger partial charge >= 0.3 is 0 Å². The Hall–Kier alpha value is -2.44. The number of nitrogens with zero attached hydrogens (tertiary/aromatic N) is 1. The van der Waals surface area contributed by atoms with E-state index in [1.807, 2.05) is 38.1 Å². The minimum Gasteiger partial charge on any atom is -0.323 e. The van der Waals surface area contributed by atoms with Gasteiger partial charge in [-0.3, -0.25) is 9.59 Å². The van der Waals surface area contributed by atoms with E-state index in [9.17, 15) is 14.0 Å². The lowest BCUT2D eigenvalue weighted by molar-refractivity contribution is -0.129. The zero-order valence-corrected chi connectivity index (χ0v) is 17.4. The summed E-state index contributed by atoms with van der Waals surface area (Å²) in [6.45, 7) is 5.79. The average Bonchev–Trinajstić information content (AvgIpc) is 3.05. The van der Waals surface area contributed by atoms with E-state index in [-0.39, 0.29) is 29.8 Å². The molecule has 0 saturated carbocycles. The van der Waals surface area contributed by atoms with Crippen LogP contribution in [0, 0.1) is 25.6 Å². The fourth-order valence-corrected chi connectivity index (χ4v) is 4.14.